The van der Waals surface area contributed by atoms with Gasteiger partial charge in [0.1, 0.15) is 5.60 Å². The van der Waals surface area contributed by atoms with Crippen molar-refractivity contribution in [3.05, 3.63) is 17.8 Å². The fraction of sp³-hybridized carbons (Fsp3) is 0.571. The summed E-state index contributed by atoms with van der Waals surface area (Å²) in [5.41, 5.74) is 1.57. The van der Waals surface area contributed by atoms with Crippen LogP contribution >= 0.6 is 0 Å². The third-order valence-electron chi connectivity index (χ3n) is 3.35. The van der Waals surface area contributed by atoms with Crippen molar-refractivity contribution >= 4 is 24.4 Å². The number of aryl methyl sites for hydroxylation is 1. The molecule has 0 spiro atoms. The first-order valence-corrected chi connectivity index (χ1v) is 7.25. The molecule has 0 aliphatic carbocycles. The Morgan fingerprint density at radius 2 is 2.09 bits per heavy atom. The summed E-state index contributed by atoms with van der Waals surface area (Å²) in [4.78, 5) is 13.7. The van der Waals surface area contributed by atoms with E-state index in [1.165, 1.54) is 0 Å². The lowest BCUT2D eigenvalue weighted by molar-refractivity contribution is 0.0270. The van der Waals surface area contributed by atoms with Gasteiger partial charge in [0.2, 0.25) is 0 Å². The summed E-state index contributed by atoms with van der Waals surface area (Å²) in [7, 11) is 0.171. The molecular weight excluding hydrogens is 285 g/mol. The fourth-order valence-corrected chi connectivity index (χ4v) is 2.31. The Bertz CT molecular complexity index is 589. The standard InChI is InChI=1S/C14H22BN3O4/c1-14(2,3)22-13(19)18-7-5-10(6-8-18)11-9-12(15(20)21)16-17(11)4/h5,9,20-21H,6-8H2,1-4H3. The Hall–Kier alpha value is -1.80. The van der Waals surface area contributed by atoms with Gasteiger partial charge in [-0.3, -0.25) is 4.68 Å². The minimum atomic E-state index is -1.58. The van der Waals surface area contributed by atoms with E-state index in [-0.39, 0.29) is 11.7 Å². The molecule has 8 heteroatoms. The van der Waals surface area contributed by atoms with Crippen LogP contribution in [0.25, 0.3) is 5.57 Å². The van der Waals surface area contributed by atoms with Crippen LogP contribution in [0.1, 0.15) is 32.9 Å². The van der Waals surface area contributed by atoms with Crippen LogP contribution in [0.4, 0.5) is 4.79 Å². The van der Waals surface area contributed by atoms with Crippen molar-refractivity contribution < 1.29 is 19.6 Å². The van der Waals surface area contributed by atoms with Gasteiger partial charge in [0.25, 0.3) is 0 Å². The number of aromatic nitrogens is 2. The summed E-state index contributed by atoms with van der Waals surface area (Å²) in [5.74, 6) is 0. The van der Waals surface area contributed by atoms with Gasteiger partial charge in [-0.2, -0.15) is 5.10 Å². The minimum Gasteiger partial charge on any atom is -0.444 e. The first kappa shape index (κ1) is 16.6. The van der Waals surface area contributed by atoms with E-state index in [2.05, 4.69) is 5.10 Å². The van der Waals surface area contributed by atoms with Crippen molar-refractivity contribution in [3.8, 4) is 0 Å². The average molecular weight is 307 g/mol. The molecular formula is C14H22BN3O4. The molecule has 1 aliphatic rings. The van der Waals surface area contributed by atoms with Gasteiger partial charge in [0.15, 0.2) is 0 Å². The molecule has 0 unspecified atom stereocenters. The number of hydrogen-bond donors (Lipinski definition) is 2. The lowest BCUT2D eigenvalue weighted by Crippen LogP contribution is -2.39. The number of rotatable bonds is 2. The van der Waals surface area contributed by atoms with Crippen molar-refractivity contribution in [2.75, 3.05) is 13.1 Å². The quantitative estimate of drug-likeness (QED) is 0.758. The van der Waals surface area contributed by atoms with Crippen molar-refractivity contribution in [1.82, 2.24) is 14.7 Å². The Labute approximate surface area is 130 Å². The molecule has 22 heavy (non-hydrogen) atoms. The second-order valence-corrected chi connectivity index (χ2v) is 6.36. The highest BCUT2D eigenvalue weighted by Gasteiger charge is 2.25. The van der Waals surface area contributed by atoms with Crippen LogP contribution in [0.5, 0.6) is 0 Å². The summed E-state index contributed by atoms with van der Waals surface area (Å²) in [6.45, 7) is 6.55. The number of amides is 1. The topological polar surface area (TPSA) is 87.8 Å². The zero-order chi connectivity index (χ0) is 16.5. The zero-order valence-corrected chi connectivity index (χ0v) is 13.4. The molecule has 0 radical (unpaired) electrons. The predicted octanol–water partition coefficient (Wildman–Crippen LogP) is 0.124. The molecule has 1 aliphatic heterocycles. The number of nitrogens with zero attached hydrogens (tertiary/aromatic N) is 3. The first-order valence-electron chi connectivity index (χ1n) is 7.25. The number of carbonyl (C=O) groups is 1. The highest BCUT2D eigenvalue weighted by atomic mass is 16.6. The normalized spacial score (nSPS) is 15.5. The van der Waals surface area contributed by atoms with Gasteiger partial charge < -0.3 is 19.7 Å². The van der Waals surface area contributed by atoms with E-state index in [1.54, 1.807) is 22.7 Å². The SMILES string of the molecule is Cn1nc(B(O)O)cc1C1=CCN(C(=O)OC(C)(C)C)CC1. The largest absolute Gasteiger partial charge is 0.510 e. The molecule has 1 amide bonds. The van der Waals surface area contributed by atoms with Crippen LogP contribution in [0, 0.1) is 0 Å². The summed E-state index contributed by atoms with van der Waals surface area (Å²) in [6, 6.07) is 1.65. The van der Waals surface area contributed by atoms with Crippen LogP contribution in [0.3, 0.4) is 0 Å². The van der Waals surface area contributed by atoms with Crippen molar-refractivity contribution in [2.24, 2.45) is 7.05 Å². The maximum absolute atomic E-state index is 12.0. The molecule has 0 atom stereocenters. The molecule has 1 aromatic rings. The molecule has 2 N–H and O–H groups in total. The van der Waals surface area contributed by atoms with Crippen LogP contribution in [-0.2, 0) is 11.8 Å². The monoisotopic (exact) mass is 307 g/mol. The van der Waals surface area contributed by atoms with E-state index in [4.69, 9.17) is 4.74 Å². The van der Waals surface area contributed by atoms with Crippen LogP contribution in [0.15, 0.2) is 12.1 Å². The van der Waals surface area contributed by atoms with E-state index < -0.39 is 12.7 Å². The number of hydrogen-bond acceptors (Lipinski definition) is 5. The van der Waals surface area contributed by atoms with Crippen molar-refractivity contribution in [3.63, 3.8) is 0 Å². The van der Waals surface area contributed by atoms with Crippen LogP contribution < -0.4 is 5.59 Å². The number of ether oxygens (including phenoxy) is 1. The zero-order valence-electron chi connectivity index (χ0n) is 13.4. The predicted molar refractivity (Wildman–Crippen MR) is 83.4 cm³/mol. The smallest absolute Gasteiger partial charge is 0.444 e. The van der Waals surface area contributed by atoms with Gasteiger partial charge >= 0.3 is 13.2 Å². The highest BCUT2D eigenvalue weighted by molar-refractivity contribution is 6.57. The van der Waals surface area contributed by atoms with Gasteiger partial charge in [-0.25, -0.2) is 4.79 Å². The van der Waals surface area contributed by atoms with E-state index in [9.17, 15) is 14.8 Å². The Morgan fingerprint density at radius 3 is 2.55 bits per heavy atom. The van der Waals surface area contributed by atoms with Crippen LogP contribution in [0.2, 0.25) is 0 Å². The van der Waals surface area contributed by atoms with E-state index >= 15 is 0 Å². The molecule has 7 nitrogen and oxygen atoms in total. The first-order chi connectivity index (χ1) is 10.2. The molecule has 0 aromatic carbocycles. The second kappa shape index (κ2) is 6.14. The summed E-state index contributed by atoms with van der Waals surface area (Å²) in [5, 5.41) is 22.4. The maximum atomic E-state index is 12.0. The van der Waals surface area contributed by atoms with Crippen LogP contribution in [-0.4, -0.2) is 56.6 Å². The molecule has 2 rings (SSSR count). The van der Waals surface area contributed by atoms with Gasteiger partial charge in [-0.1, -0.05) is 6.08 Å². The number of carbonyl (C=O) groups excluding carboxylic acids is 1. The van der Waals surface area contributed by atoms with Crippen molar-refractivity contribution in [1.29, 1.82) is 0 Å². The fourth-order valence-electron chi connectivity index (χ4n) is 2.31. The van der Waals surface area contributed by atoms with Gasteiger partial charge in [-0.05, 0) is 38.8 Å². The highest BCUT2D eigenvalue weighted by Crippen LogP contribution is 2.22. The Balaban J connectivity index is 2.07. The van der Waals surface area contributed by atoms with Gasteiger partial charge in [0.05, 0.1) is 11.3 Å². The lowest BCUT2D eigenvalue weighted by atomic mass is 9.86. The lowest BCUT2D eigenvalue weighted by Gasteiger charge is -2.29. The second-order valence-electron chi connectivity index (χ2n) is 6.36. The molecule has 1 aromatic heterocycles. The Morgan fingerprint density at radius 1 is 1.41 bits per heavy atom. The summed E-state index contributed by atoms with van der Waals surface area (Å²) < 4.78 is 6.97. The van der Waals surface area contributed by atoms with Gasteiger partial charge in [0, 0.05) is 20.1 Å². The third kappa shape index (κ3) is 3.89. The molecule has 120 valence electrons. The minimum absolute atomic E-state index is 0.216. The van der Waals surface area contributed by atoms with E-state index in [1.807, 2.05) is 26.8 Å². The average Bonchev–Trinajstić information content (AvgIpc) is 2.79. The third-order valence-corrected chi connectivity index (χ3v) is 3.35. The van der Waals surface area contributed by atoms with E-state index in [0.717, 1.165) is 11.3 Å². The summed E-state index contributed by atoms with van der Waals surface area (Å²) >= 11 is 0. The van der Waals surface area contributed by atoms with Crippen molar-refractivity contribution in [2.45, 2.75) is 32.8 Å². The van der Waals surface area contributed by atoms with E-state index in [0.29, 0.717) is 19.5 Å². The molecule has 0 fully saturated rings. The maximum Gasteiger partial charge on any atom is 0.510 e. The Kier molecular flexibility index (Phi) is 4.62. The molecule has 2 heterocycles. The molecule has 0 saturated carbocycles. The molecule has 0 bridgehead atoms. The molecule has 0 saturated heterocycles. The van der Waals surface area contributed by atoms with Gasteiger partial charge in [-0.15, -0.1) is 0 Å². The summed E-state index contributed by atoms with van der Waals surface area (Å²) in [6.07, 6.45) is 2.29.